The molecule has 2 aromatic carbocycles. The molecule has 0 unspecified atom stereocenters. The van der Waals surface area contributed by atoms with Crippen LogP contribution in [0.3, 0.4) is 0 Å². The average molecular weight is 364 g/mol. The Morgan fingerprint density at radius 1 is 0.846 bits per heavy atom. The number of nitrogens with zero attached hydrogens (tertiary/aromatic N) is 4. The number of fused-ring (bicyclic) bond motifs is 1. The summed E-state index contributed by atoms with van der Waals surface area (Å²) in [6.45, 7) is 0.655. The highest BCUT2D eigenvalue weighted by Crippen LogP contribution is 2.20. The summed E-state index contributed by atoms with van der Waals surface area (Å²) in [4.78, 5) is 12.5. The monoisotopic (exact) mass is 363 g/mol. The average Bonchev–Trinajstić information content (AvgIpc) is 3.05. The van der Waals surface area contributed by atoms with Crippen molar-refractivity contribution in [2.24, 2.45) is 0 Å². The Hall–Kier alpha value is -2.92. The van der Waals surface area contributed by atoms with Crippen molar-refractivity contribution in [3.05, 3.63) is 82.8 Å². The predicted octanol–water partition coefficient (Wildman–Crippen LogP) is 3.90. The number of anilines is 1. The smallest absolute Gasteiger partial charge is 0.223 e. The topological polar surface area (TPSA) is 69.6 Å². The van der Waals surface area contributed by atoms with E-state index in [1.54, 1.807) is 6.33 Å². The Labute approximate surface area is 156 Å². The molecule has 26 heavy (non-hydrogen) atoms. The van der Waals surface area contributed by atoms with Crippen molar-refractivity contribution >= 4 is 28.7 Å². The molecule has 2 heterocycles. The highest BCUT2D eigenvalue weighted by molar-refractivity contribution is 6.33. The van der Waals surface area contributed by atoms with E-state index in [0.717, 1.165) is 12.8 Å². The van der Waals surface area contributed by atoms with Crippen LogP contribution in [0.4, 0.5) is 5.95 Å². The number of benzene rings is 2. The molecule has 0 radical (unpaired) electrons. The van der Waals surface area contributed by atoms with E-state index in [1.807, 2.05) is 10.6 Å². The van der Waals surface area contributed by atoms with E-state index in [-0.39, 0.29) is 11.1 Å². The number of hydrogen-bond donors (Lipinski definition) is 1. The van der Waals surface area contributed by atoms with Crippen LogP contribution in [-0.2, 0) is 19.4 Å². The lowest BCUT2D eigenvalue weighted by atomic mass is 10.0. The standard InChI is InChI=1S/C20H18ClN5/c21-18-17-19(25-20(22)24-18)26(13-23-17)12-16-10-8-15(9-11-16)7-6-14-4-2-1-3-5-14/h1-5,8-11,13H,6-7,12H2,(H2,22,24,25). The Morgan fingerprint density at radius 2 is 1.50 bits per heavy atom. The van der Waals surface area contributed by atoms with Crippen LogP contribution in [0, 0.1) is 0 Å². The van der Waals surface area contributed by atoms with Crippen LogP contribution in [0.2, 0.25) is 5.15 Å². The predicted molar refractivity (Wildman–Crippen MR) is 104 cm³/mol. The lowest BCUT2D eigenvalue weighted by molar-refractivity contribution is 0.812. The van der Waals surface area contributed by atoms with Crippen LogP contribution in [0.1, 0.15) is 16.7 Å². The number of halogens is 1. The SMILES string of the molecule is Nc1nc(Cl)c2ncn(Cc3ccc(CCc4ccccc4)cc3)c2n1. The second kappa shape index (κ2) is 7.14. The zero-order chi connectivity index (χ0) is 17.9. The van der Waals surface area contributed by atoms with E-state index in [9.17, 15) is 0 Å². The largest absolute Gasteiger partial charge is 0.368 e. The molecule has 0 aliphatic rings. The quantitative estimate of drug-likeness (QED) is 0.546. The number of imidazole rings is 1. The molecule has 0 atom stereocenters. The van der Waals surface area contributed by atoms with E-state index in [0.29, 0.717) is 17.7 Å². The third-order valence-corrected chi connectivity index (χ3v) is 4.62. The van der Waals surface area contributed by atoms with E-state index in [4.69, 9.17) is 17.3 Å². The molecule has 5 nitrogen and oxygen atoms in total. The number of nitrogens with two attached hydrogens (primary N) is 1. The fourth-order valence-corrected chi connectivity index (χ4v) is 3.20. The van der Waals surface area contributed by atoms with Crippen molar-refractivity contribution in [3.63, 3.8) is 0 Å². The van der Waals surface area contributed by atoms with Crippen molar-refractivity contribution in [3.8, 4) is 0 Å². The van der Waals surface area contributed by atoms with E-state index in [1.165, 1.54) is 16.7 Å². The summed E-state index contributed by atoms with van der Waals surface area (Å²) < 4.78 is 1.93. The van der Waals surface area contributed by atoms with Gasteiger partial charge >= 0.3 is 0 Å². The molecular formula is C20H18ClN5. The second-order valence-electron chi connectivity index (χ2n) is 6.22. The number of rotatable bonds is 5. The number of nitrogen functional groups attached to an aromatic ring is 1. The van der Waals surface area contributed by atoms with Crippen molar-refractivity contribution in [2.75, 3.05) is 5.73 Å². The summed E-state index contributed by atoms with van der Waals surface area (Å²) in [7, 11) is 0. The minimum Gasteiger partial charge on any atom is -0.368 e. The fourth-order valence-electron chi connectivity index (χ4n) is 2.98. The number of aromatic nitrogens is 4. The molecule has 0 fully saturated rings. The Bertz CT molecular complexity index is 1030. The molecule has 0 bridgehead atoms. The summed E-state index contributed by atoms with van der Waals surface area (Å²) in [5.41, 5.74) is 10.8. The molecule has 0 aliphatic heterocycles. The first-order valence-corrected chi connectivity index (χ1v) is 8.82. The van der Waals surface area contributed by atoms with E-state index >= 15 is 0 Å². The molecule has 0 aliphatic carbocycles. The van der Waals surface area contributed by atoms with E-state index in [2.05, 4.69) is 63.5 Å². The second-order valence-corrected chi connectivity index (χ2v) is 6.58. The first-order chi connectivity index (χ1) is 12.7. The van der Waals surface area contributed by atoms with Crippen LogP contribution < -0.4 is 5.73 Å². The van der Waals surface area contributed by atoms with Gasteiger partial charge in [-0.15, -0.1) is 0 Å². The highest BCUT2D eigenvalue weighted by atomic mass is 35.5. The van der Waals surface area contributed by atoms with Crippen molar-refractivity contribution < 1.29 is 0 Å². The normalized spacial score (nSPS) is 11.1. The molecule has 0 saturated heterocycles. The van der Waals surface area contributed by atoms with Gasteiger partial charge in [-0.25, -0.2) is 4.98 Å². The lowest BCUT2D eigenvalue weighted by Gasteiger charge is -2.07. The lowest BCUT2D eigenvalue weighted by Crippen LogP contribution is -2.02. The van der Waals surface area contributed by atoms with Crippen LogP contribution in [-0.4, -0.2) is 19.5 Å². The van der Waals surface area contributed by atoms with E-state index < -0.39 is 0 Å². The van der Waals surface area contributed by atoms with Crippen molar-refractivity contribution in [1.82, 2.24) is 19.5 Å². The molecule has 2 N–H and O–H groups in total. The van der Waals surface area contributed by atoms with Gasteiger partial charge in [0.2, 0.25) is 5.95 Å². The van der Waals surface area contributed by atoms with Gasteiger partial charge in [0.1, 0.15) is 5.52 Å². The Kier molecular flexibility index (Phi) is 4.54. The van der Waals surface area contributed by atoms with Gasteiger partial charge in [0.25, 0.3) is 0 Å². The molecule has 0 amide bonds. The maximum absolute atomic E-state index is 6.08. The van der Waals surface area contributed by atoms with Crippen LogP contribution in [0.15, 0.2) is 60.9 Å². The molecule has 130 valence electrons. The van der Waals surface area contributed by atoms with Gasteiger partial charge in [-0.1, -0.05) is 66.2 Å². The molecule has 6 heteroatoms. The molecule has 2 aromatic heterocycles. The zero-order valence-corrected chi connectivity index (χ0v) is 14.9. The summed E-state index contributed by atoms with van der Waals surface area (Å²) >= 11 is 6.08. The maximum Gasteiger partial charge on any atom is 0.223 e. The first kappa shape index (κ1) is 16.5. The van der Waals surface area contributed by atoms with Gasteiger partial charge in [0, 0.05) is 0 Å². The van der Waals surface area contributed by atoms with Crippen molar-refractivity contribution in [2.45, 2.75) is 19.4 Å². The van der Waals surface area contributed by atoms with Crippen LogP contribution in [0.5, 0.6) is 0 Å². The fraction of sp³-hybridized carbons (Fsp3) is 0.150. The molecular weight excluding hydrogens is 346 g/mol. The number of aryl methyl sites for hydroxylation is 2. The minimum atomic E-state index is 0.153. The summed E-state index contributed by atoms with van der Waals surface area (Å²) in [5.74, 6) is 0.153. The first-order valence-electron chi connectivity index (χ1n) is 8.44. The maximum atomic E-state index is 6.08. The van der Waals surface area contributed by atoms with Gasteiger partial charge in [-0.2, -0.15) is 9.97 Å². The molecule has 0 spiro atoms. The summed E-state index contributed by atoms with van der Waals surface area (Å²) in [5, 5.41) is 0.280. The van der Waals surface area contributed by atoms with Crippen LogP contribution >= 0.6 is 11.6 Å². The Morgan fingerprint density at radius 3 is 2.23 bits per heavy atom. The van der Waals surface area contributed by atoms with Crippen LogP contribution in [0.25, 0.3) is 11.2 Å². The van der Waals surface area contributed by atoms with Gasteiger partial charge in [-0.3, -0.25) is 0 Å². The Balaban J connectivity index is 1.48. The zero-order valence-electron chi connectivity index (χ0n) is 14.1. The molecule has 4 aromatic rings. The molecule has 0 saturated carbocycles. The number of hydrogen-bond acceptors (Lipinski definition) is 4. The summed E-state index contributed by atoms with van der Waals surface area (Å²) in [6.07, 6.45) is 3.78. The van der Waals surface area contributed by atoms with Gasteiger partial charge in [-0.05, 0) is 29.5 Å². The van der Waals surface area contributed by atoms with Gasteiger partial charge < -0.3 is 10.3 Å². The summed E-state index contributed by atoms with van der Waals surface area (Å²) in [6, 6.07) is 19.2. The highest BCUT2D eigenvalue weighted by Gasteiger charge is 2.11. The van der Waals surface area contributed by atoms with Crippen molar-refractivity contribution in [1.29, 1.82) is 0 Å². The minimum absolute atomic E-state index is 0.153. The van der Waals surface area contributed by atoms with Gasteiger partial charge in [0.15, 0.2) is 10.8 Å². The van der Waals surface area contributed by atoms with Gasteiger partial charge in [0.05, 0.1) is 12.9 Å². The molecule has 4 rings (SSSR count). The third-order valence-electron chi connectivity index (χ3n) is 4.36. The third kappa shape index (κ3) is 3.53.